The van der Waals surface area contributed by atoms with Crippen LogP contribution >= 0.6 is 0 Å². The number of rotatable bonds is 8. The van der Waals surface area contributed by atoms with Crippen LogP contribution in [-0.2, 0) is 16.6 Å². The number of carbonyl (C=O) groups is 1. The Bertz CT molecular complexity index is 1050. The average Bonchev–Trinajstić information content (AvgIpc) is 2.79. The highest BCUT2D eigenvalue weighted by Crippen LogP contribution is 2.31. The molecule has 2 N–H and O–H groups in total. The van der Waals surface area contributed by atoms with Crippen molar-refractivity contribution in [3.05, 3.63) is 59.7 Å². The molecule has 6 nitrogen and oxygen atoms in total. The Hall–Kier alpha value is -2.38. The number of ketones is 1. The number of Topliss-reactive ketones (excluding diaryl/α,β-unsaturated/α-hetero) is 1. The molecule has 1 aliphatic carbocycles. The second kappa shape index (κ2) is 10.0. The molecule has 0 bridgehead atoms. The minimum absolute atomic E-state index is 0.203. The van der Waals surface area contributed by atoms with Gasteiger partial charge in [0.15, 0.2) is 5.78 Å². The lowest BCUT2D eigenvalue weighted by atomic mass is 9.85. The van der Waals surface area contributed by atoms with Crippen molar-refractivity contribution >= 4 is 21.5 Å². The quantitative estimate of drug-likeness (QED) is 0.592. The maximum absolute atomic E-state index is 13.1. The first-order valence-electron chi connectivity index (χ1n) is 11.5. The van der Waals surface area contributed by atoms with Gasteiger partial charge in [0, 0.05) is 12.6 Å². The number of anilines is 1. The first-order valence-corrected chi connectivity index (χ1v) is 13.1. The van der Waals surface area contributed by atoms with Gasteiger partial charge >= 0.3 is 0 Å². The third kappa shape index (κ3) is 5.51. The predicted molar refractivity (Wildman–Crippen MR) is 126 cm³/mol. The molecule has 2 aromatic rings. The molecular weight excluding hydrogens is 424 g/mol. The Labute approximate surface area is 190 Å². The van der Waals surface area contributed by atoms with Crippen LogP contribution in [0.2, 0.25) is 0 Å². The van der Waals surface area contributed by atoms with Crippen LogP contribution in [0.15, 0.2) is 48.5 Å². The minimum Gasteiger partial charge on any atom is -0.471 e. The number of sulfonamides is 1. The lowest BCUT2D eigenvalue weighted by Crippen LogP contribution is -2.38. The Morgan fingerprint density at radius 3 is 2.56 bits per heavy atom. The summed E-state index contributed by atoms with van der Waals surface area (Å²) in [5, 5.41) is 3.55. The Morgan fingerprint density at radius 2 is 1.75 bits per heavy atom. The highest BCUT2D eigenvalue weighted by molar-refractivity contribution is 7.93. The summed E-state index contributed by atoms with van der Waals surface area (Å²) >= 11 is 0. The van der Waals surface area contributed by atoms with Crippen LogP contribution in [0.1, 0.15) is 67.8 Å². The van der Waals surface area contributed by atoms with Gasteiger partial charge in [-0.25, -0.2) is 8.42 Å². The van der Waals surface area contributed by atoms with Crippen LogP contribution < -0.4 is 14.8 Å². The molecule has 1 heterocycles. The molecule has 0 spiro atoms. The van der Waals surface area contributed by atoms with Crippen LogP contribution in [0.3, 0.4) is 0 Å². The molecule has 32 heavy (non-hydrogen) atoms. The smallest absolute Gasteiger partial charge is 0.271 e. The van der Waals surface area contributed by atoms with Crippen LogP contribution in [-0.4, -0.2) is 25.7 Å². The number of para-hydroxylation sites is 2. The van der Waals surface area contributed by atoms with Crippen molar-refractivity contribution in [3.63, 3.8) is 0 Å². The molecule has 2 atom stereocenters. The van der Waals surface area contributed by atoms with Crippen molar-refractivity contribution in [2.75, 3.05) is 4.72 Å². The van der Waals surface area contributed by atoms with Gasteiger partial charge in [0.25, 0.3) is 10.0 Å². The summed E-state index contributed by atoms with van der Waals surface area (Å²) in [4.78, 5) is 12.4. The van der Waals surface area contributed by atoms with E-state index in [9.17, 15) is 13.2 Å². The summed E-state index contributed by atoms with van der Waals surface area (Å²) in [5.74, 6) is 0.864. The van der Waals surface area contributed by atoms with E-state index in [4.69, 9.17) is 4.74 Å². The molecule has 0 radical (unpaired) electrons. The van der Waals surface area contributed by atoms with Gasteiger partial charge in [0.1, 0.15) is 5.75 Å². The zero-order chi connectivity index (χ0) is 22.6. The lowest BCUT2D eigenvalue weighted by molar-refractivity contribution is 0.0911. The fourth-order valence-corrected chi connectivity index (χ4v) is 5.94. The number of ether oxygens (including phenoxy) is 1. The molecule has 1 aliphatic heterocycles. The van der Waals surface area contributed by atoms with Crippen LogP contribution in [0, 0.1) is 5.92 Å². The van der Waals surface area contributed by atoms with Gasteiger partial charge in [0.05, 0.1) is 17.7 Å². The van der Waals surface area contributed by atoms with E-state index in [-0.39, 0.29) is 12.2 Å². The summed E-state index contributed by atoms with van der Waals surface area (Å²) in [6.07, 6.45) is 7.58. The topological polar surface area (TPSA) is 84.5 Å². The van der Waals surface area contributed by atoms with Gasteiger partial charge < -0.3 is 10.1 Å². The number of fused-ring (bicyclic) bond motifs is 1. The molecule has 2 aliphatic rings. The minimum atomic E-state index is -3.92. The maximum atomic E-state index is 13.1. The Morgan fingerprint density at radius 1 is 1.03 bits per heavy atom. The molecule has 1 fully saturated rings. The van der Waals surface area contributed by atoms with E-state index in [2.05, 4.69) is 17.0 Å². The molecule has 4 rings (SSSR count). The molecule has 0 saturated heterocycles. The van der Waals surface area contributed by atoms with Gasteiger partial charge in [-0.15, -0.1) is 0 Å². The SMILES string of the molecule is C[C@@H](CC1CCCCC1)NCc1ccccc1NS(=O)(=O)C1CC(=O)c2ccccc2O1. The molecule has 2 aromatic carbocycles. The second-order valence-corrected chi connectivity index (χ2v) is 10.8. The van der Waals surface area contributed by atoms with Gasteiger partial charge in [-0.2, -0.15) is 0 Å². The van der Waals surface area contributed by atoms with E-state index >= 15 is 0 Å². The number of benzene rings is 2. The van der Waals surface area contributed by atoms with E-state index in [1.807, 2.05) is 12.1 Å². The number of carbonyl (C=O) groups excluding carboxylic acids is 1. The highest BCUT2D eigenvalue weighted by Gasteiger charge is 2.36. The normalized spacial score (nSPS) is 20.3. The molecule has 172 valence electrons. The van der Waals surface area contributed by atoms with Crippen LogP contribution in [0.4, 0.5) is 5.69 Å². The Balaban J connectivity index is 1.40. The maximum Gasteiger partial charge on any atom is 0.271 e. The van der Waals surface area contributed by atoms with Crippen LogP contribution in [0.5, 0.6) is 5.75 Å². The summed E-state index contributed by atoms with van der Waals surface area (Å²) < 4.78 is 34.5. The molecule has 0 aromatic heterocycles. The van der Waals surface area contributed by atoms with E-state index < -0.39 is 15.5 Å². The zero-order valence-corrected chi connectivity index (χ0v) is 19.4. The lowest BCUT2D eigenvalue weighted by Gasteiger charge is -2.26. The van der Waals surface area contributed by atoms with Crippen LogP contribution in [0.25, 0.3) is 0 Å². The van der Waals surface area contributed by atoms with Gasteiger partial charge in [-0.05, 0) is 43.0 Å². The molecule has 0 amide bonds. The molecule has 1 saturated carbocycles. The largest absolute Gasteiger partial charge is 0.471 e. The van der Waals surface area contributed by atoms with Crippen molar-refractivity contribution in [2.24, 2.45) is 5.92 Å². The summed E-state index contributed by atoms with van der Waals surface area (Å²) in [6, 6.07) is 14.5. The highest BCUT2D eigenvalue weighted by atomic mass is 32.2. The molecule has 7 heteroatoms. The van der Waals surface area contributed by atoms with E-state index in [1.54, 1.807) is 36.4 Å². The summed E-state index contributed by atoms with van der Waals surface area (Å²) in [5.41, 5.74) is 0.556. The molecular formula is C25H32N2O4S. The van der Waals surface area contributed by atoms with Crippen molar-refractivity contribution in [1.82, 2.24) is 5.32 Å². The van der Waals surface area contributed by atoms with Gasteiger partial charge in [-0.3, -0.25) is 9.52 Å². The fourth-order valence-electron chi connectivity index (χ4n) is 4.70. The molecule has 1 unspecified atom stereocenters. The Kier molecular flexibility index (Phi) is 7.16. The van der Waals surface area contributed by atoms with Gasteiger partial charge in [-0.1, -0.05) is 62.4 Å². The third-order valence-corrected chi connectivity index (χ3v) is 7.93. The van der Waals surface area contributed by atoms with Gasteiger partial charge in [0.2, 0.25) is 5.44 Å². The fraction of sp³-hybridized carbons (Fsp3) is 0.480. The number of nitrogens with one attached hydrogen (secondary N) is 2. The van der Waals surface area contributed by atoms with Crippen molar-refractivity contribution in [2.45, 2.75) is 69.9 Å². The van der Waals surface area contributed by atoms with E-state index in [1.165, 1.54) is 32.1 Å². The standard InChI is InChI=1S/C25H32N2O4S/c1-18(15-19-9-3-2-4-10-19)26-17-20-11-5-7-13-22(20)27-32(29,30)25-16-23(28)21-12-6-8-14-24(21)31-25/h5-8,11-14,18-19,25-27H,2-4,9-10,15-17H2,1H3/t18-,25?/m0/s1. The second-order valence-electron chi connectivity index (χ2n) is 9.00. The average molecular weight is 457 g/mol. The van der Waals surface area contributed by atoms with Crippen molar-refractivity contribution in [1.29, 1.82) is 0 Å². The van der Waals surface area contributed by atoms with Crippen molar-refractivity contribution in [3.8, 4) is 5.75 Å². The first-order chi connectivity index (χ1) is 15.4. The summed E-state index contributed by atoms with van der Waals surface area (Å²) in [7, 11) is -3.92. The monoisotopic (exact) mass is 456 g/mol. The number of hydrogen-bond acceptors (Lipinski definition) is 5. The van der Waals surface area contributed by atoms with Crippen molar-refractivity contribution < 1.29 is 17.9 Å². The van der Waals surface area contributed by atoms with E-state index in [0.717, 1.165) is 17.9 Å². The first kappa shape index (κ1) is 22.8. The predicted octanol–water partition coefficient (Wildman–Crippen LogP) is 4.87. The zero-order valence-electron chi connectivity index (χ0n) is 18.5. The number of hydrogen-bond donors (Lipinski definition) is 2. The van der Waals surface area contributed by atoms with E-state index in [0.29, 0.717) is 29.6 Å². The summed E-state index contributed by atoms with van der Waals surface area (Å²) in [6.45, 7) is 2.76. The third-order valence-electron chi connectivity index (χ3n) is 6.47.